The zero-order valence-electron chi connectivity index (χ0n) is 11.2. The first-order valence-corrected chi connectivity index (χ1v) is 6.49. The lowest BCUT2D eigenvalue weighted by molar-refractivity contribution is -0.274. The van der Waals surface area contributed by atoms with E-state index in [0.29, 0.717) is 23.3 Å². The number of anilines is 1. The first-order chi connectivity index (χ1) is 10.5. The van der Waals surface area contributed by atoms with E-state index < -0.39 is 6.36 Å². The molecule has 0 unspecified atom stereocenters. The predicted molar refractivity (Wildman–Crippen MR) is 75.9 cm³/mol. The van der Waals surface area contributed by atoms with Crippen molar-refractivity contribution in [3.8, 4) is 5.75 Å². The first-order valence-electron chi connectivity index (χ1n) is 6.49. The lowest BCUT2D eigenvalue weighted by atomic mass is 10.1. The number of rotatable bonds is 4. The van der Waals surface area contributed by atoms with Gasteiger partial charge in [0.05, 0.1) is 12.1 Å². The van der Waals surface area contributed by atoms with E-state index in [0.717, 1.165) is 5.39 Å². The number of hydrogen-bond donors (Lipinski definition) is 3. The van der Waals surface area contributed by atoms with Gasteiger partial charge < -0.3 is 20.1 Å². The summed E-state index contributed by atoms with van der Waals surface area (Å²) >= 11 is 0. The van der Waals surface area contributed by atoms with Crippen LogP contribution >= 0.6 is 0 Å². The quantitative estimate of drug-likeness (QED) is 0.693. The zero-order valence-corrected chi connectivity index (χ0v) is 11.2. The third-order valence-electron chi connectivity index (χ3n) is 3.10. The van der Waals surface area contributed by atoms with Crippen LogP contribution in [0.1, 0.15) is 0 Å². The van der Waals surface area contributed by atoms with Crippen molar-refractivity contribution in [3.05, 3.63) is 30.5 Å². The van der Waals surface area contributed by atoms with Crippen LogP contribution in [0.15, 0.2) is 30.5 Å². The van der Waals surface area contributed by atoms with Crippen LogP contribution in [0.25, 0.3) is 21.8 Å². The molecule has 0 aliphatic heterocycles. The van der Waals surface area contributed by atoms with Gasteiger partial charge >= 0.3 is 6.36 Å². The highest BCUT2D eigenvalue weighted by molar-refractivity contribution is 6.06. The normalized spacial score (nSPS) is 12.0. The van der Waals surface area contributed by atoms with E-state index in [1.807, 2.05) is 0 Å². The average molecular weight is 311 g/mol. The third-order valence-corrected chi connectivity index (χ3v) is 3.10. The van der Waals surface area contributed by atoms with Crippen molar-refractivity contribution < 1.29 is 23.0 Å². The summed E-state index contributed by atoms with van der Waals surface area (Å²) in [6.45, 7) is 0.332. The maximum atomic E-state index is 12.4. The molecule has 3 aromatic rings. The fraction of sp³-hybridized carbons (Fsp3) is 0.214. The highest BCUT2D eigenvalue weighted by Crippen LogP contribution is 2.33. The van der Waals surface area contributed by atoms with Gasteiger partial charge in [0.1, 0.15) is 11.3 Å². The van der Waals surface area contributed by atoms with Gasteiger partial charge in [0, 0.05) is 23.5 Å². The van der Waals surface area contributed by atoms with Gasteiger partial charge in [0.25, 0.3) is 0 Å². The molecule has 3 rings (SSSR count). The van der Waals surface area contributed by atoms with Crippen molar-refractivity contribution in [2.75, 3.05) is 18.5 Å². The Balaban J connectivity index is 2.11. The molecule has 0 aliphatic carbocycles. The topological polar surface area (TPSA) is 70.2 Å². The van der Waals surface area contributed by atoms with Gasteiger partial charge in [0.15, 0.2) is 5.75 Å². The SMILES string of the molecule is OCCNc1cc2cnc3c(OC(F)(F)F)cccc3c2[nH]1. The van der Waals surface area contributed by atoms with E-state index in [1.54, 1.807) is 12.1 Å². The third kappa shape index (κ3) is 2.77. The number of nitrogens with zero attached hydrogens (tertiary/aromatic N) is 1. The number of halogens is 3. The van der Waals surface area contributed by atoms with E-state index in [1.165, 1.54) is 18.3 Å². The molecule has 2 heterocycles. The van der Waals surface area contributed by atoms with Crippen LogP contribution in [0.2, 0.25) is 0 Å². The second kappa shape index (κ2) is 5.38. The Morgan fingerprint density at radius 1 is 1.32 bits per heavy atom. The number of hydrogen-bond acceptors (Lipinski definition) is 4. The van der Waals surface area contributed by atoms with Crippen LogP contribution in [0.3, 0.4) is 0 Å². The van der Waals surface area contributed by atoms with Crippen LogP contribution in [-0.2, 0) is 0 Å². The van der Waals surface area contributed by atoms with Crippen LogP contribution < -0.4 is 10.1 Å². The van der Waals surface area contributed by atoms with Gasteiger partial charge in [-0.3, -0.25) is 4.98 Å². The molecule has 0 atom stereocenters. The molecule has 0 amide bonds. The largest absolute Gasteiger partial charge is 0.573 e. The zero-order chi connectivity index (χ0) is 15.7. The van der Waals surface area contributed by atoms with E-state index in [4.69, 9.17) is 5.11 Å². The number of fused-ring (bicyclic) bond motifs is 3. The van der Waals surface area contributed by atoms with E-state index in [-0.39, 0.29) is 17.9 Å². The Hall–Kier alpha value is -2.48. The molecule has 22 heavy (non-hydrogen) atoms. The van der Waals surface area contributed by atoms with Crippen LogP contribution in [0.5, 0.6) is 5.75 Å². The van der Waals surface area contributed by atoms with Crippen molar-refractivity contribution in [2.45, 2.75) is 6.36 Å². The van der Waals surface area contributed by atoms with Gasteiger partial charge in [-0.05, 0) is 12.1 Å². The lowest BCUT2D eigenvalue weighted by Crippen LogP contribution is -2.17. The standard InChI is InChI=1S/C14H12F3N3O2/c15-14(16,17)22-10-3-1-2-9-12-8(7-19-13(9)10)6-11(20-12)18-4-5-21/h1-3,6-7,18,20-21H,4-5H2. The Labute approximate surface area is 122 Å². The molecule has 0 spiro atoms. The Bertz CT molecular complexity index is 814. The smallest absolute Gasteiger partial charge is 0.403 e. The van der Waals surface area contributed by atoms with E-state index in [9.17, 15) is 13.2 Å². The number of alkyl halides is 3. The molecule has 0 radical (unpaired) electrons. The minimum atomic E-state index is -4.77. The molecule has 116 valence electrons. The summed E-state index contributed by atoms with van der Waals surface area (Å²) in [5.41, 5.74) is 0.779. The molecule has 5 nitrogen and oxygen atoms in total. The molecule has 1 aromatic carbocycles. The van der Waals surface area contributed by atoms with Crippen molar-refractivity contribution >= 4 is 27.6 Å². The van der Waals surface area contributed by atoms with Gasteiger partial charge in [0.2, 0.25) is 0 Å². The monoisotopic (exact) mass is 311 g/mol. The minimum Gasteiger partial charge on any atom is -0.403 e. The molecular formula is C14H12F3N3O2. The highest BCUT2D eigenvalue weighted by Gasteiger charge is 2.32. The molecular weight excluding hydrogens is 299 g/mol. The number of H-pyrrole nitrogens is 1. The number of pyridine rings is 1. The highest BCUT2D eigenvalue weighted by atomic mass is 19.4. The molecule has 0 fully saturated rings. The Kier molecular flexibility index (Phi) is 3.53. The first kappa shape index (κ1) is 14.5. The number of ether oxygens (including phenoxy) is 1. The van der Waals surface area contributed by atoms with Gasteiger partial charge in [-0.15, -0.1) is 13.2 Å². The van der Waals surface area contributed by atoms with E-state index in [2.05, 4.69) is 20.0 Å². The molecule has 0 saturated heterocycles. The Morgan fingerprint density at radius 2 is 2.14 bits per heavy atom. The predicted octanol–water partition coefficient (Wildman–Crippen LogP) is 3.02. The van der Waals surface area contributed by atoms with Crippen LogP contribution in [-0.4, -0.2) is 34.6 Å². The fourth-order valence-corrected chi connectivity index (χ4v) is 2.28. The fourth-order valence-electron chi connectivity index (χ4n) is 2.28. The number of benzene rings is 1. The van der Waals surface area contributed by atoms with Gasteiger partial charge in [-0.1, -0.05) is 12.1 Å². The van der Waals surface area contributed by atoms with Crippen molar-refractivity contribution in [3.63, 3.8) is 0 Å². The number of para-hydroxylation sites is 1. The van der Waals surface area contributed by atoms with Gasteiger partial charge in [-0.25, -0.2) is 0 Å². The number of aliphatic hydroxyl groups excluding tert-OH is 1. The molecule has 0 saturated carbocycles. The van der Waals surface area contributed by atoms with Crippen molar-refractivity contribution in [1.82, 2.24) is 9.97 Å². The summed E-state index contributed by atoms with van der Waals surface area (Å²) in [6, 6.07) is 6.14. The number of aliphatic hydroxyl groups is 1. The summed E-state index contributed by atoms with van der Waals surface area (Å²) in [5.74, 6) is 0.312. The van der Waals surface area contributed by atoms with Gasteiger partial charge in [-0.2, -0.15) is 0 Å². The lowest BCUT2D eigenvalue weighted by Gasteiger charge is -2.10. The number of aromatic amines is 1. The molecule has 0 aliphatic rings. The summed E-state index contributed by atoms with van der Waals surface area (Å²) in [5, 5.41) is 13.0. The number of aromatic nitrogens is 2. The second-order valence-corrected chi connectivity index (χ2v) is 4.62. The maximum Gasteiger partial charge on any atom is 0.573 e. The second-order valence-electron chi connectivity index (χ2n) is 4.62. The molecule has 2 aromatic heterocycles. The van der Waals surface area contributed by atoms with Crippen molar-refractivity contribution in [1.29, 1.82) is 0 Å². The minimum absolute atomic E-state index is 0.0298. The maximum absolute atomic E-state index is 12.4. The summed E-state index contributed by atoms with van der Waals surface area (Å²) < 4.78 is 41.3. The van der Waals surface area contributed by atoms with Crippen molar-refractivity contribution in [2.24, 2.45) is 0 Å². The summed E-state index contributed by atoms with van der Waals surface area (Å²) in [4.78, 5) is 7.13. The average Bonchev–Trinajstić information content (AvgIpc) is 2.87. The molecule has 0 bridgehead atoms. The van der Waals surface area contributed by atoms with Crippen LogP contribution in [0, 0.1) is 0 Å². The number of nitrogens with one attached hydrogen (secondary N) is 2. The summed E-state index contributed by atoms with van der Waals surface area (Å²) in [6.07, 6.45) is -3.30. The molecule has 3 N–H and O–H groups in total. The molecule has 8 heteroatoms. The summed E-state index contributed by atoms with van der Waals surface area (Å²) in [7, 11) is 0. The van der Waals surface area contributed by atoms with Crippen LogP contribution in [0.4, 0.5) is 19.0 Å². The van der Waals surface area contributed by atoms with E-state index >= 15 is 0 Å². The Morgan fingerprint density at radius 3 is 2.86 bits per heavy atom.